The van der Waals surface area contributed by atoms with Gasteiger partial charge in [-0.1, -0.05) is 95.7 Å². The van der Waals surface area contributed by atoms with E-state index in [1.807, 2.05) is 28.8 Å². The average Bonchev–Trinajstić information content (AvgIpc) is 3.22. The van der Waals surface area contributed by atoms with Crippen LogP contribution in [-0.4, -0.2) is 15.5 Å². The number of fused-ring (bicyclic) bond motifs is 5. The zero-order valence-electron chi connectivity index (χ0n) is 20.3. The van der Waals surface area contributed by atoms with E-state index in [0.29, 0.717) is 0 Å². The second-order valence-electron chi connectivity index (χ2n) is 9.83. The zero-order chi connectivity index (χ0) is 22.8. The summed E-state index contributed by atoms with van der Waals surface area (Å²) in [5.41, 5.74) is 3.51. The van der Waals surface area contributed by atoms with Crippen molar-refractivity contribution in [1.29, 1.82) is 0 Å². The molecule has 0 N–H and O–H groups in total. The van der Waals surface area contributed by atoms with Crippen LogP contribution in [0.5, 0.6) is 0 Å². The molecule has 4 rings (SSSR count). The van der Waals surface area contributed by atoms with Gasteiger partial charge in [-0.15, -0.1) is 0 Å². The first-order chi connectivity index (χ1) is 15.5. The maximum atomic E-state index is 14.6. The molecule has 32 heavy (non-hydrogen) atoms. The number of carbonyl (C=O) groups excluding carboxylic acids is 1. The lowest BCUT2D eigenvalue weighted by Gasteiger charge is -2.51. The van der Waals surface area contributed by atoms with E-state index in [-0.39, 0.29) is 11.3 Å². The first-order valence-electron chi connectivity index (χ1n) is 12.7. The minimum Gasteiger partial charge on any atom is -0.273 e. The Kier molecular flexibility index (Phi) is 6.55. The standard InChI is InChI=1S/C29H38N2O/c1-5-8-19-29(20-9-6-2,21-10-7-3)28(4)23-16-12-11-15-22(23)26-30-24-17-13-14-18-25(24)31(26)27(28)32/h11-18H,5-10,19-21H2,1-4H3. The Balaban J connectivity index is 2.00. The molecule has 3 nitrogen and oxygen atoms in total. The van der Waals surface area contributed by atoms with Crippen molar-refractivity contribution in [2.24, 2.45) is 5.41 Å². The Labute approximate surface area is 193 Å². The Morgan fingerprint density at radius 3 is 2.03 bits per heavy atom. The Hall–Kier alpha value is -2.42. The molecule has 3 aromatic rings. The van der Waals surface area contributed by atoms with E-state index in [1.54, 1.807) is 0 Å². The molecule has 0 saturated heterocycles. The fraction of sp³-hybridized carbons (Fsp3) is 0.517. The fourth-order valence-electron chi connectivity index (χ4n) is 6.05. The van der Waals surface area contributed by atoms with Crippen LogP contribution in [0.1, 0.15) is 95.8 Å². The molecule has 2 aromatic carbocycles. The van der Waals surface area contributed by atoms with Gasteiger partial charge in [0, 0.05) is 5.56 Å². The highest BCUT2D eigenvalue weighted by atomic mass is 16.2. The van der Waals surface area contributed by atoms with E-state index in [1.165, 1.54) is 5.56 Å². The van der Waals surface area contributed by atoms with Crippen molar-refractivity contribution in [3.05, 3.63) is 54.1 Å². The first kappa shape index (κ1) is 22.8. The van der Waals surface area contributed by atoms with Gasteiger partial charge in [0.05, 0.1) is 16.4 Å². The van der Waals surface area contributed by atoms with E-state index in [0.717, 1.165) is 80.2 Å². The van der Waals surface area contributed by atoms with Gasteiger partial charge in [0.25, 0.3) is 0 Å². The highest BCUT2D eigenvalue weighted by molar-refractivity contribution is 6.04. The van der Waals surface area contributed by atoms with Gasteiger partial charge in [-0.25, -0.2) is 4.98 Å². The van der Waals surface area contributed by atoms with E-state index in [4.69, 9.17) is 4.98 Å². The van der Waals surface area contributed by atoms with E-state index in [9.17, 15) is 4.79 Å². The number of hydrogen-bond donors (Lipinski definition) is 0. The lowest BCUT2D eigenvalue weighted by molar-refractivity contribution is 0.0431. The zero-order valence-corrected chi connectivity index (χ0v) is 20.3. The van der Waals surface area contributed by atoms with Crippen LogP contribution in [0.25, 0.3) is 22.4 Å². The quantitative estimate of drug-likeness (QED) is 0.325. The molecule has 2 heterocycles. The molecule has 0 amide bonds. The molecule has 0 radical (unpaired) electrons. The maximum Gasteiger partial charge on any atom is 0.243 e. The summed E-state index contributed by atoms with van der Waals surface area (Å²) in [6.07, 6.45) is 10.3. The van der Waals surface area contributed by atoms with Gasteiger partial charge >= 0.3 is 0 Å². The van der Waals surface area contributed by atoms with Gasteiger partial charge in [0.2, 0.25) is 5.91 Å². The number of carbonyl (C=O) groups is 1. The molecular formula is C29H38N2O. The summed E-state index contributed by atoms with van der Waals surface area (Å²) < 4.78 is 1.94. The maximum absolute atomic E-state index is 14.6. The number of benzene rings is 2. The van der Waals surface area contributed by atoms with Crippen molar-refractivity contribution in [3.8, 4) is 11.4 Å². The molecule has 1 unspecified atom stereocenters. The smallest absolute Gasteiger partial charge is 0.243 e. The van der Waals surface area contributed by atoms with Gasteiger partial charge in [0.15, 0.2) is 0 Å². The average molecular weight is 431 g/mol. The first-order valence-corrected chi connectivity index (χ1v) is 12.7. The number of imidazole rings is 1. The second-order valence-corrected chi connectivity index (χ2v) is 9.83. The number of rotatable bonds is 10. The summed E-state index contributed by atoms with van der Waals surface area (Å²) in [5, 5.41) is 0. The molecule has 0 saturated carbocycles. The molecule has 1 aromatic heterocycles. The van der Waals surface area contributed by atoms with Gasteiger partial charge < -0.3 is 0 Å². The van der Waals surface area contributed by atoms with Crippen molar-refractivity contribution >= 4 is 16.9 Å². The summed E-state index contributed by atoms with van der Waals surface area (Å²) in [5.74, 6) is 1.02. The van der Waals surface area contributed by atoms with Crippen LogP contribution in [0.3, 0.4) is 0 Å². The molecule has 3 heteroatoms. The van der Waals surface area contributed by atoms with Crippen LogP contribution in [0, 0.1) is 5.41 Å². The van der Waals surface area contributed by atoms with E-state index in [2.05, 4.69) is 52.0 Å². The highest BCUT2D eigenvalue weighted by Crippen LogP contribution is 2.57. The van der Waals surface area contributed by atoms with Crippen molar-refractivity contribution in [2.45, 2.75) is 90.9 Å². The third kappa shape index (κ3) is 3.41. The van der Waals surface area contributed by atoms with E-state index >= 15 is 0 Å². The summed E-state index contributed by atoms with van der Waals surface area (Å²) in [6, 6.07) is 16.6. The fourth-order valence-corrected chi connectivity index (χ4v) is 6.05. The Morgan fingerprint density at radius 1 is 0.844 bits per heavy atom. The summed E-state index contributed by atoms with van der Waals surface area (Å²) >= 11 is 0. The third-order valence-corrected chi connectivity index (χ3v) is 7.99. The topological polar surface area (TPSA) is 34.9 Å². The van der Waals surface area contributed by atoms with Crippen molar-refractivity contribution in [3.63, 3.8) is 0 Å². The Bertz CT molecular complexity index is 1070. The molecular weight excluding hydrogens is 392 g/mol. The van der Waals surface area contributed by atoms with Gasteiger partial charge in [0.1, 0.15) is 5.82 Å². The van der Waals surface area contributed by atoms with Crippen molar-refractivity contribution in [1.82, 2.24) is 9.55 Å². The number of nitrogens with zero attached hydrogens (tertiary/aromatic N) is 2. The van der Waals surface area contributed by atoms with Crippen LogP contribution in [0.4, 0.5) is 0 Å². The van der Waals surface area contributed by atoms with Crippen molar-refractivity contribution in [2.75, 3.05) is 0 Å². The Morgan fingerprint density at radius 2 is 1.41 bits per heavy atom. The summed E-state index contributed by atoms with van der Waals surface area (Å²) in [4.78, 5) is 19.6. The van der Waals surface area contributed by atoms with Crippen LogP contribution in [-0.2, 0) is 5.41 Å². The lowest BCUT2D eigenvalue weighted by Crippen LogP contribution is -2.53. The molecule has 0 aliphatic carbocycles. The third-order valence-electron chi connectivity index (χ3n) is 7.99. The number of hydrogen-bond acceptors (Lipinski definition) is 2. The molecule has 0 spiro atoms. The van der Waals surface area contributed by atoms with Gasteiger partial charge in [-0.2, -0.15) is 0 Å². The molecule has 1 aliphatic heterocycles. The van der Waals surface area contributed by atoms with Crippen LogP contribution in [0.2, 0.25) is 0 Å². The predicted molar refractivity (Wildman–Crippen MR) is 134 cm³/mol. The van der Waals surface area contributed by atoms with Crippen LogP contribution < -0.4 is 0 Å². The number of unbranched alkanes of at least 4 members (excludes halogenated alkanes) is 3. The SMILES string of the molecule is CCCCC(CCCC)(CCCC)C1(C)C(=O)n2c(nc3ccccc32)-c2ccccc21. The minimum atomic E-state index is -0.570. The minimum absolute atomic E-state index is 0.0503. The van der Waals surface area contributed by atoms with Gasteiger partial charge in [-0.05, 0) is 49.3 Å². The largest absolute Gasteiger partial charge is 0.273 e. The summed E-state index contributed by atoms with van der Waals surface area (Å²) in [7, 11) is 0. The molecule has 170 valence electrons. The second kappa shape index (κ2) is 9.21. The number of para-hydroxylation sites is 2. The highest BCUT2D eigenvalue weighted by Gasteiger charge is 2.56. The van der Waals surface area contributed by atoms with Crippen LogP contribution in [0.15, 0.2) is 48.5 Å². The summed E-state index contributed by atoms with van der Waals surface area (Å²) in [6.45, 7) is 9.06. The normalized spacial score (nSPS) is 18.1. The van der Waals surface area contributed by atoms with Crippen molar-refractivity contribution < 1.29 is 4.79 Å². The molecule has 1 aliphatic rings. The van der Waals surface area contributed by atoms with E-state index < -0.39 is 5.41 Å². The molecule has 1 atom stereocenters. The van der Waals surface area contributed by atoms with Crippen LogP contribution >= 0.6 is 0 Å². The number of aromatic nitrogens is 2. The molecule has 0 fully saturated rings. The molecule has 0 bridgehead atoms. The predicted octanol–water partition coefficient (Wildman–Crippen LogP) is 8.17. The van der Waals surface area contributed by atoms with Gasteiger partial charge in [-0.3, -0.25) is 9.36 Å². The monoisotopic (exact) mass is 430 g/mol. The lowest BCUT2D eigenvalue weighted by atomic mass is 9.53.